The van der Waals surface area contributed by atoms with Crippen molar-refractivity contribution < 1.29 is 4.79 Å². The molecule has 2 rings (SSSR count). The van der Waals surface area contributed by atoms with E-state index in [9.17, 15) is 4.79 Å². The predicted octanol–water partition coefficient (Wildman–Crippen LogP) is 1.00. The van der Waals surface area contributed by atoms with Gasteiger partial charge in [-0.15, -0.1) is 11.3 Å². The summed E-state index contributed by atoms with van der Waals surface area (Å²) in [6, 6.07) is 4.10. The number of amides is 1. The maximum atomic E-state index is 12.0. The van der Waals surface area contributed by atoms with Gasteiger partial charge in [0, 0.05) is 51.1 Å². The Labute approximate surface area is 113 Å². The van der Waals surface area contributed by atoms with Gasteiger partial charge in [0.05, 0.1) is 6.54 Å². The molecule has 0 aromatic carbocycles. The van der Waals surface area contributed by atoms with Gasteiger partial charge in [-0.05, 0) is 11.4 Å². The Morgan fingerprint density at radius 2 is 2.28 bits per heavy atom. The van der Waals surface area contributed by atoms with Gasteiger partial charge in [-0.25, -0.2) is 0 Å². The van der Waals surface area contributed by atoms with Gasteiger partial charge in [0.25, 0.3) is 0 Å². The third-order valence-corrected chi connectivity index (χ3v) is 4.11. The molecule has 4 nitrogen and oxygen atoms in total. The van der Waals surface area contributed by atoms with Crippen LogP contribution in [0.1, 0.15) is 11.3 Å². The van der Waals surface area contributed by atoms with Gasteiger partial charge >= 0.3 is 0 Å². The highest BCUT2D eigenvalue weighted by Crippen LogP contribution is 2.11. The topological polar surface area (TPSA) is 35.6 Å². The number of rotatable bonds is 5. The fourth-order valence-corrected chi connectivity index (χ4v) is 2.86. The largest absolute Gasteiger partial charge is 0.341 e. The molecule has 0 aliphatic carbocycles. The second kappa shape index (κ2) is 6.87. The van der Waals surface area contributed by atoms with Crippen molar-refractivity contribution in [2.24, 2.45) is 0 Å². The fraction of sp³-hybridized carbons (Fsp3) is 0.615. The van der Waals surface area contributed by atoms with Crippen molar-refractivity contribution in [3.63, 3.8) is 0 Å². The van der Waals surface area contributed by atoms with E-state index in [0.29, 0.717) is 6.42 Å². The Hall–Kier alpha value is -0.910. The van der Waals surface area contributed by atoms with Gasteiger partial charge in [0.15, 0.2) is 0 Å². The molecule has 18 heavy (non-hydrogen) atoms. The van der Waals surface area contributed by atoms with Crippen molar-refractivity contribution in [1.29, 1.82) is 0 Å². The van der Waals surface area contributed by atoms with Crippen LogP contribution in [0.2, 0.25) is 0 Å². The number of nitrogens with one attached hydrogen (secondary N) is 1. The Bertz CT molecular complexity index is 360. The summed E-state index contributed by atoms with van der Waals surface area (Å²) in [4.78, 5) is 17.4. The van der Waals surface area contributed by atoms with E-state index in [1.54, 1.807) is 11.3 Å². The van der Waals surface area contributed by atoms with E-state index in [1.807, 2.05) is 23.4 Å². The van der Waals surface area contributed by atoms with Crippen LogP contribution in [0.4, 0.5) is 0 Å². The standard InChI is InChI=1S/C13H21N3OS/c1-15(11-12-3-2-10-18-12)13(17)4-7-16-8-5-14-6-9-16/h2-3,10,14H,4-9,11H2,1H3. The maximum absolute atomic E-state index is 12.0. The van der Waals surface area contributed by atoms with Crippen molar-refractivity contribution >= 4 is 17.2 Å². The summed E-state index contributed by atoms with van der Waals surface area (Å²) in [5.74, 6) is 0.238. The molecule has 0 saturated carbocycles. The minimum absolute atomic E-state index is 0.238. The molecule has 1 N–H and O–H groups in total. The number of hydrogen-bond acceptors (Lipinski definition) is 4. The molecule has 1 aromatic rings. The lowest BCUT2D eigenvalue weighted by molar-refractivity contribution is -0.130. The average molecular weight is 267 g/mol. The number of carbonyl (C=O) groups excluding carboxylic acids is 1. The van der Waals surface area contributed by atoms with Crippen LogP contribution in [0.15, 0.2) is 17.5 Å². The molecule has 0 bridgehead atoms. The molecule has 1 fully saturated rings. The monoisotopic (exact) mass is 267 g/mol. The second-order valence-electron chi connectivity index (χ2n) is 4.67. The Morgan fingerprint density at radius 1 is 1.50 bits per heavy atom. The first-order valence-corrected chi connectivity index (χ1v) is 7.33. The summed E-state index contributed by atoms with van der Waals surface area (Å²) in [5.41, 5.74) is 0. The van der Waals surface area contributed by atoms with Crippen LogP contribution in [0.5, 0.6) is 0 Å². The molecule has 1 aliphatic rings. The number of thiophene rings is 1. The first kappa shape index (κ1) is 13.5. The van der Waals surface area contributed by atoms with E-state index in [1.165, 1.54) is 4.88 Å². The molecule has 1 aliphatic heterocycles. The van der Waals surface area contributed by atoms with Crippen LogP contribution in [0, 0.1) is 0 Å². The first-order valence-electron chi connectivity index (χ1n) is 6.45. The lowest BCUT2D eigenvalue weighted by Crippen LogP contribution is -2.44. The third-order valence-electron chi connectivity index (χ3n) is 3.25. The summed E-state index contributed by atoms with van der Waals surface area (Å²) < 4.78 is 0. The Kier molecular flexibility index (Phi) is 5.16. The van der Waals surface area contributed by atoms with E-state index in [4.69, 9.17) is 0 Å². The lowest BCUT2D eigenvalue weighted by Gasteiger charge is -2.27. The van der Waals surface area contributed by atoms with Crippen molar-refractivity contribution in [1.82, 2.24) is 15.1 Å². The van der Waals surface area contributed by atoms with Crippen LogP contribution >= 0.6 is 11.3 Å². The molecule has 5 heteroatoms. The van der Waals surface area contributed by atoms with Crippen LogP contribution < -0.4 is 5.32 Å². The first-order chi connectivity index (χ1) is 8.75. The van der Waals surface area contributed by atoms with E-state index in [-0.39, 0.29) is 5.91 Å². The molecule has 1 amide bonds. The van der Waals surface area contributed by atoms with Gasteiger partial charge in [-0.3, -0.25) is 4.79 Å². The molecule has 0 unspecified atom stereocenters. The summed E-state index contributed by atoms with van der Waals surface area (Å²) in [6.45, 7) is 5.82. The second-order valence-corrected chi connectivity index (χ2v) is 5.70. The third kappa shape index (κ3) is 4.08. The number of carbonyl (C=O) groups is 1. The van der Waals surface area contributed by atoms with Crippen LogP contribution in [0.25, 0.3) is 0 Å². The van der Waals surface area contributed by atoms with Crippen molar-refractivity contribution in [2.45, 2.75) is 13.0 Å². The highest BCUT2D eigenvalue weighted by Gasteiger charge is 2.14. The SMILES string of the molecule is CN(Cc1cccs1)C(=O)CCN1CCNCC1. The van der Waals surface area contributed by atoms with E-state index in [0.717, 1.165) is 39.3 Å². The van der Waals surface area contributed by atoms with E-state index < -0.39 is 0 Å². The highest BCUT2D eigenvalue weighted by molar-refractivity contribution is 7.09. The number of hydrogen-bond donors (Lipinski definition) is 1. The van der Waals surface area contributed by atoms with Crippen molar-refractivity contribution in [3.05, 3.63) is 22.4 Å². The molecular formula is C13H21N3OS. The minimum Gasteiger partial charge on any atom is -0.341 e. The Balaban J connectivity index is 1.70. The van der Waals surface area contributed by atoms with Crippen molar-refractivity contribution in [3.8, 4) is 0 Å². The average Bonchev–Trinajstić information content (AvgIpc) is 2.90. The quantitative estimate of drug-likeness (QED) is 0.864. The number of piperazine rings is 1. The summed E-state index contributed by atoms with van der Waals surface area (Å²) in [7, 11) is 1.89. The summed E-state index contributed by atoms with van der Waals surface area (Å²) in [6.07, 6.45) is 0.627. The van der Waals surface area contributed by atoms with Gasteiger partial charge < -0.3 is 15.1 Å². The normalized spacial score (nSPS) is 16.7. The highest BCUT2D eigenvalue weighted by atomic mass is 32.1. The zero-order valence-corrected chi connectivity index (χ0v) is 11.7. The molecule has 2 heterocycles. The molecule has 0 spiro atoms. The van der Waals surface area contributed by atoms with E-state index >= 15 is 0 Å². The van der Waals surface area contributed by atoms with Gasteiger partial charge in [-0.1, -0.05) is 6.07 Å². The van der Waals surface area contributed by atoms with Crippen LogP contribution in [-0.2, 0) is 11.3 Å². The lowest BCUT2D eigenvalue weighted by atomic mass is 10.3. The van der Waals surface area contributed by atoms with E-state index in [2.05, 4.69) is 16.3 Å². The van der Waals surface area contributed by atoms with Crippen LogP contribution in [0.3, 0.4) is 0 Å². The Morgan fingerprint density at radius 3 is 2.94 bits per heavy atom. The molecule has 0 radical (unpaired) electrons. The molecule has 0 atom stereocenters. The predicted molar refractivity (Wildman–Crippen MR) is 74.7 cm³/mol. The number of nitrogens with zero attached hydrogens (tertiary/aromatic N) is 2. The zero-order valence-electron chi connectivity index (χ0n) is 10.9. The zero-order chi connectivity index (χ0) is 12.8. The molecule has 1 saturated heterocycles. The molecule has 1 aromatic heterocycles. The maximum Gasteiger partial charge on any atom is 0.223 e. The minimum atomic E-state index is 0.238. The van der Waals surface area contributed by atoms with Gasteiger partial charge in [0.2, 0.25) is 5.91 Å². The van der Waals surface area contributed by atoms with Gasteiger partial charge in [0.1, 0.15) is 0 Å². The summed E-state index contributed by atoms with van der Waals surface area (Å²) >= 11 is 1.70. The smallest absolute Gasteiger partial charge is 0.223 e. The molecule has 100 valence electrons. The van der Waals surface area contributed by atoms with Gasteiger partial charge in [-0.2, -0.15) is 0 Å². The molecular weight excluding hydrogens is 246 g/mol. The van der Waals surface area contributed by atoms with Crippen molar-refractivity contribution in [2.75, 3.05) is 39.8 Å². The summed E-state index contributed by atoms with van der Waals surface area (Å²) in [5, 5.41) is 5.37. The fourth-order valence-electron chi connectivity index (χ4n) is 2.10. The van der Waals surface area contributed by atoms with Crippen LogP contribution in [-0.4, -0.2) is 55.5 Å².